The lowest BCUT2D eigenvalue weighted by molar-refractivity contribution is -0.385. The molecule has 0 saturated heterocycles. The first-order valence-corrected chi connectivity index (χ1v) is 6.81. The van der Waals surface area contributed by atoms with Gasteiger partial charge in [0, 0.05) is 23.0 Å². The SMILES string of the molecule is O=C(CCCn1cc([N+](=O)[O-])cn1)c1ccc(Br)cc1. The summed E-state index contributed by atoms with van der Waals surface area (Å²) in [4.78, 5) is 21.9. The standard InChI is InChI=1S/C13H12BrN3O3/c14-11-5-3-10(4-6-11)13(18)2-1-7-16-9-12(8-15-16)17(19)20/h3-6,8-9H,1-2,7H2. The maximum atomic E-state index is 11.9. The van der Waals surface area contributed by atoms with Crippen molar-refractivity contribution >= 4 is 27.4 Å². The lowest BCUT2D eigenvalue weighted by atomic mass is 10.1. The first-order valence-electron chi connectivity index (χ1n) is 6.02. The summed E-state index contributed by atoms with van der Waals surface area (Å²) in [7, 11) is 0. The molecule has 7 heteroatoms. The van der Waals surface area contributed by atoms with Gasteiger partial charge in [0.05, 0.1) is 4.92 Å². The van der Waals surface area contributed by atoms with Gasteiger partial charge in [0.25, 0.3) is 0 Å². The van der Waals surface area contributed by atoms with Gasteiger partial charge in [0.2, 0.25) is 0 Å². The Bertz CT molecular complexity index is 622. The Labute approximate surface area is 123 Å². The number of rotatable bonds is 6. The fraction of sp³-hybridized carbons (Fsp3) is 0.231. The second-order valence-electron chi connectivity index (χ2n) is 4.25. The van der Waals surface area contributed by atoms with Gasteiger partial charge in [-0.25, -0.2) is 0 Å². The number of hydrogen-bond donors (Lipinski definition) is 0. The molecule has 0 atom stereocenters. The van der Waals surface area contributed by atoms with Gasteiger partial charge in [0.15, 0.2) is 5.78 Å². The van der Waals surface area contributed by atoms with Crippen molar-refractivity contribution < 1.29 is 9.72 Å². The number of hydrogen-bond acceptors (Lipinski definition) is 4. The van der Waals surface area contributed by atoms with Crippen molar-refractivity contribution in [2.24, 2.45) is 0 Å². The van der Waals surface area contributed by atoms with Crippen LogP contribution in [0.1, 0.15) is 23.2 Å². The fourth-order valence-electron chi connectivity index (χ4n) is 1.75. The Kier molecular flexibility index (Phi) is 4.62. The Morgan fingerprint density at radius 2 is 2.05 bits per heavy atom. The fourth-order valence-corrected chi connectivity index (χ4v) is 2.02. The van der Waals surface area contributed by atoms with E-state index in [1.807, 2.05) is 12.1 Å². The van der Waals surface area contributed by atoms with Gasteiger partial charge in [-0.3, -0.25) is 19.6 Å². The molecule has 0 saturated carbocycles. The number of halogens is 1. The minimum Gasteiger partial charge on any atom is -0.294 e. The molecular formula is C13H12BrN3O3. The zero-order valence-corrected chi connectivity index (χ0v) is 12.1. The molecule has 0 unspecified atom stereocenters. The number of nitro groups is 1. The van der Waals surface area contributed by atoms with E-state index in [4.69, 9.17) is 0 Å². The van der Waals surface area contributed by atoms with Crippen LogP contribution < -0.4 is 0 Å². The average molecular weight is 338 g/mol. The molecule has 1 aromatic carbocycles. The number of aromatic nitrogens is 2. The summed E-state index contributed by atoms with van der Waals surface area (Å²) in [5.41, 5.74) is 0.629. The van der Waals surface area contributed by atoms with E-state index >= 15 is 0 Å². The number of carbonyl (C=O) groups excluding carboxylic acids is 1. The molecule has 1 aromatic heterocycles. The molecule has 104 valence electrons. The van der Waals surface area contributed by atoms with E-state index in [9.17, 15) is 14.9 Å². The van der Waals surface area contributed by atoms with Crippen LogP contribution in [-0.2, 0) is 6.54 Å². The lowest BCUT2D eigenvalue weighted by Crippen LogP contribution is -2.03. The minimum absolute atomic E-state index is 0.0377. The van der Waals surface area contributed by atoms with Gasteiger partial charge >= 0.3 is 5.69 Å². The van der Waals surface area contributed by atoms with Crippen molar-refractivity contribution in [1.29, 1.82) is 0 Å². The van der Waals surface area contributed by atoms with Crippen LogP contribution in [0.3, 0.4) is 0 Å². The Morgan fingerprint density at radius 3 is 2.65 bits per heavy atom. The molecule has 0 radical (unpaired) electrons. The lowest BCUT2D eigenvalue weighted by Gasteiger charge is -2.02. The van der Waals surface area contributed by atoms with E-state index < -0.39 is 4.92 Å². The van der Waals surface area contributed by atoms with Crippen LogP contribution >= 0.6 is 15.9 Å². The molecule has 0 fully saturated rings. The van der Waals surface area contributed by atoms with E-state index in [0.29, 0.717) is 24.9 Å². The van der Waals surface area contributed by atoms with Crippen molar-refractivity contribution in [2.75, 3.05) is 0 Å². The number of carbonyl (C=O) groups is 1. The predicted molar refractivity (Wildman–Crippen MR) is 76.6 cm³/mol. The number of benzene rings is 1. The molecule has 2 rings (SSSR count). The smallest absolute Gasteiger partial charge is 0.294 e. The summed E-state index contributed by atoms with van der Waals surface area (Å²) in [6.45, 7) is 0.482. The third-order valence-electron chi connectivity index (χ3n) is 2.79. The van der Waals surface area contributed by atoms with Crippen LogP contribution in [0.25, 0.3) is 0 Å². The van der Waals surface area contributed by atoms with Crippen molar-refractivity contribution in [3.8, 4) is 0 Å². The largest absolute Gasteiger partial charge is 0.306 e. The first kappa shape index (κ1) is 14.4. The third-order valence-corrected chi connectivity index (χ3v) is 3.32. The number of ketones is 1. The second-order valence-corrected chi connectivity index (χ2v) is 5.17. The normalized spacial score (nSPS) is 10.4. The first-order chi connectivity index (χ1) is 9.56. The van der Waals surface area contributed by atoms with E-state index in [-0.39, 0.29) is 11.5 Å². The highest BCUT2D eigenvalue weighted by molar-refractivity contribution is 9.10. The van der Waals surface area contributed by atoms with E-state index in [1.165, 1.54) is 17.1 Å². The van der Waals surface area contributed by atoms with Gasteiger partial charge in [-0.05, 0) is 18.6 Å². The molecule has 0 spiro atoms. The maximum absolute atomic E-state index is 11.9. The van der Waals surface area contributed by atoms with Crippen molar-refractivity contribution in [2.45, 2.75) is 19.4 Å². The van der Waals surface area contributed by atoms with Crippen molar-refractivity contribution in [3.05, 3.63) is 56.8 Å². The van der Waals surface area contributed by atoms with Crippen LogP contribution in [0, 0.1) is 10.1 Å². The topological polar surface area (TPSA) is 78.0 Å². The number of nitrogens with zero attached hydrogens (tertiary/aromatic N) is 3. The molecule has 0 bridgehead atoms. The molecule has 0 N–H and O–H groups in total. The molecule has 0 aliphatic rings. The summed E-state index contributed by atoms with van der Waals surface area (Å²) in [5.74, 6) is 0.0548. The zero-order valence-electron chi connectivity index (χ0n) is 10.5. The zero-order chi connectivity index (χ0) is 14.5. The van der Waals surface area contributed by atoms with Crippen LogP contribution in [0.4, 0.5) is 5.69 Å². The van der Waals surface area contributed by atoms with E-state index in [1.54, 1.807) is 12.1 Å². The van der Waals surface area contributed by atoms with Crippen LogP contribution in [-0.4, -0.2) is 20.5 Å². The second kappa shape index (κ2) is 6.42. The van der Waals surface area contributed by atoms with Gasteiger partial charge in [-0.2, -0.15) is 5.10 Å². The molecule has 0 aliphatic carbocycles. The predicted octanol–water partition coefficient (Wildman–Crippen LogP) is 3.22. The molecule has 1 heterocycles. The summed E-state index contributed by atoms with van der Waals surface area (Å²) in [6.07, 6.45) is 3.55. The minimum atomic E-state index is -0.490. The molecular weight excluding hydrogens is 326 g/mol. The number of Topliss-reactive ketones (excluding diaryl/α,β-unsaturated/α-hetero) is 1. The highest BCUT2D eigenvalue weighted by Crippen LogP contribution is 2.13. The maximum Gasteiger partial charge on any atom is 0.306 e. The van der Waals surface area contributed by atoms with Crippen LogP contribution in [0.15, 0.2) is 41.1 Å². The summed E-state index contributed by atoms with van der Waals surface area (Å²) < 4.78 is 2.41. The number of aryl methyl sites for hydroxylation is 1. The third kappa shape index (κ3) is 3.74. The van der Waals surface area contributed by atoms with E-state index in [2.05, 4.69) is 21.0 Å². The van der Waals surface area contributed by atoms with E-state index in [0.717, 1.165) is 4.47 Å². The molecule has 6 nitrogen and oxygen atoms in total. The molecule has 0 amide bonds. The quantitative estimate of drug-likeness (QED) is 0.460. The summed E-state index contributed by atoms with van der Waals surface area (Å²) in [6, 6.07) is 7.19. The van der Waals surface area contributed by atoms with Gasteiger partial charge in [-0.1, -0.05) is 28.1 Å². The average Bonchev–Trinajstić information content (AvgIpc) is 2.88. The van der Waals surface area contributed by atoms with Gasteiger partial charge in [0.1, 0.15) is 12.4 Å². The molecule has 2 aromatic rings. The molecule has 20 heavy (non-hydrogen) atoms. The van der Waals surface area contributed by atoms with Crippen molar-refractivity contribution in [3.63, 3.8) is 0 Å². The summed E-state index contributed by atoms with van der Waals surface area (Å²) in [5, 5.41) is 14.4. The van der Waals surface area contributed by atoms with Crippen LogP contribution in [0.5, 0.6) is 0 Å². The Balaban J connectivity index is 1.84. The summed E-state index contributed by atoms with van der Waals surface area (Å²) >= 11 is 3.31. The molecule has 0 aliphatic heterocycles. The Morgan fingerprint density at radius 1 is 1.35 bits per heavy atom. The monoisotopic (exact) mass is 337 g/mol. The highest BCUT2D eigenvalue weighted by atomic mass is 79.9. The highest BCUT2D eigenvalue weighted by Gasteiger charge is 2.09. The van der Waals surface area contributed by atoms with Crippen LogP contribution in [0.2, 0.25) is 0 Å². The van der Waals surface area contributed by atoms with Gasteiger partial charge < -0.3 is 0 Å². The van der Waals surface area contributed by atoms with Crippen molar-refractivity contribution in [1.82, 2.24) is 9.78 Å². The Hall–Kier alpha value is -2.02. The van der Waals surface area contributed by atoms with Gasteiger partial charge in [-0.15, -0.1) is 0 Å².